The summed E-state index contributed by atoms with van der Waals surface area (Å²) in [6, 6.07) is 6.22. The highest BCUT2D eigenvalue weighted by atomic mass is 16.6. The van der Waals surface area contributed by atoms with Crippen LogP contribution in [0, 0.1) is 10.1 Å². The van der Waals surface area contributed by atoms with Crippen molar-refractivity contribution >= 4 is 17.3 Å². The molecule has 96 valence electrons. The molecular weight excluding hydrogens is 234 g/mol. The van der Waals surface area contributed by atoms with E-state index in [0.29, 0.717) is 25.2 Å². The van der Waals surface area contributed by atoms with Gasteiger partial charge in [0.15, 0.2) is 0 Å². The van der Waals surface area contributed by atoms with Crippen LogP contribution in [0.2, 0.25) is 0 Å². The van der Waals surface area contributed by atoms with E-state index in [1.807, 2.05) is 6.92 Å². The number of nitro benzene ring substituents is 1. The molecule has 2 rings (SSSR count). The number of carbonyl (C=O) groups excluding carboxylic acids is 1. The number of para-hydroxylation sites is 2. The fourth-order valence-corrected chi connectivity index (χ4v) is 2.30. The van der Waals surface area contributed by atoms with Gasteiger partial charge in [-0.25, -0.2) is 0 Å². The minimum absolute atomic E-state index is 0.0408. The van der Waals surface area contributed by atoms with Gasteiger partial charge in [0.25, 0.3) is 5.69 Å². The molecule has 1 heterocycles. The van der Waals surface area contributed by atoms with E-state index in [4.69, 9.17) is 0 Å². The lowest BCUT2D eigenvalue weighted by Gasteiger charge is -2.27. The summed E-state index contributed by atoms with van der Waals surface area (Å²) >= 11 is 0. The van der Waals surface area contributed by atoms with Gasteiger partial charge in [0, 0.05) is 19.2 Å². The quantitative estimate of drug-likeness (QED) is 0.644. The number of rotatable bonds is 4. The highest BCUT2D eigenvalue weighted by Crippen LogP contribution is 2.30. The molecule has 1 N–H and O–H groups in total. The maximum Gasteiger partial charge on any atom is 0.292 e. The minimum atomic E-state index is -0.412. The first-order chi connectivity index (χ1) is 8.65. The molecule has 1 aromatic carbocycles. The van der Waals surface area contributed by atoms with Crippen LogP contribution < -0.4 is 10.2 Å². The van der Waals surface area contributed by atoms with Crippen LogP contribution >= 0.6 is 0 Å². The van der Waals surface area contributed by atoms with E-state index >= 15 is 0 Å². The Morgan fingerprint density at radius 2 is 2.22 bits per heavy atom. The second-order valence-electron chi connectivity index (χ2n) is 4.13. The van der Waals surface area contributed by atoms with E-state index in [9.17, 15) is 14.9 Å². The lowest BCUT2D eigenvalue weighted by atomic mass is 10.1. The average molecular weight is 249 g/mol. The van der Waals surface area contributed by atoms with Crippen molar-refractivity contribution < 1.29 is 9.72 Å². The van der Waals surface area contributed by atoms with E-state index < -0.39 is 4.92 Å². The lowest BCUT2D eigenvalue weighted by molar-refractivity contribution is -0.384. The molecule has 0 spiro atoms. The van der Waals surface area contributed by atoms with Crippen molar-refractivity contribution in [3.8, 4) is 0 Å². The van der Waals surface area contributed by atoms with Crippen molar-refractivity contribution in [1.29, 1.82) is 0 Å². The van der Waals surface area contributed by atoms with Gasteiger partial charge in [-0.3, -0.25) is 14.9 Å². The number of nitrogens with one attached hydrogen (secondary N) is 1. The maximum absolute atomic E-state index is 11.7. The molecule has 0 radical (unpaired) electrons. The van der Waals surface area contributed by atoms with Crippen LogP contribution in [0.25, 0.3) is 0 Å². The Labute approximate surface area is 105 Å². The van der Waals surface area contributed by atoms with Gasteiger partial charge in [-0.05, 0) is 19.4 Å². The molecule has 0 aromatic heterocycles. The van der Waals surface area contributed by atoms with Crippen molar-refractivity contribution in [2.24, 2.45) is 0 Å². The first-order valence-electron chi connectivity index (χ1n) is 5.93. The molecule has 6 heteroatoms. The zero-order chi connectivity index (χ0) is 13.1. The Morgan fingerprint density at radius 3 is 2.78 bits per heavy atom. The van der Waals surface area contributed by atoms with Gasteiger partial charge in [0.2, 0.25) is 5.91 Å². The van der Waals surface area contributed by atoms with Gasteiger partial charge < -0.3 is 10.2 Å². The molecule has 1 fully saturated rings. The zero-order valence-corrected chi connectivity index (χ0v) is 10.1. The number of benzene rings is 1. The van der Waals surface area contributed by atoms with Crippen LogP contribution in [-0.4, -0.2) is 30.0 Å². The van der Waals surface area contributed by atoms with Crippen LogP contribution in [0.5, 0.6) is 0 Å². The number of carbonyl (C=O) groups is 1. The SMILES string of the molecule is CCN(c1ccccc1[N+](=O)[O-])[C@@H]1CCNC1=O. The first-order valence-corrected chi connectivity index (χ1v) is 5.93. The lowest BCUT2D eigenvalue weighted by Crippen LogP contribution is -2.41. The molecule has 6 nitrogen and oxygen atoms in total. The van der Waals surface area contributed by atoms with E-state index in [0.717, 1.165) is 0 Å². The second kappa shape index (κ2) is 5.03. The maximum atomic E-state index is 11.7. The molecule has 1 aromatic rings. The largest absolute Gasteiger partial charge is 0.354 e. The Morgan fingerprint density at radius 1 is 1.50 bits per heavy atom. The summed E-state index contributed by atoms with van der Waals surface area (Å²) in [4.78, 5) is 24.1. The molecule has 1 aliphatic heterocycles. The van der Waals surface area contributed by atoms with Crippen molar-refractivity contribution in [3.63, 3.8) is 0 Å². The summed E-state index contributed by atoms with van der Waals surface area (Å²) in [6.07, 6.45) is 0.679. The third-order valence-corrected chi connectivity index (χ3v) is 3.12. The van der Waals surface area contributed by atoms with E-state index in [1.165, 1.54) is 6.07 Å². The van der Waals surface area contributed by atoms with Gasteiger partial charge >= 0.3 is 0 Å². The first kappa shape index (κ1) is 12.3. The molecular formula is C12H15N3O3. The van der Waals surface area contributed by atoms with Crippen molar-refractivity contribution in [2.45, 2.75) is 19.4 Å². The Hall–Kier alpha value is -2.11. The number of nitro groups is 1. The summed E-state index contributed by atoms with van der Waals surface area (Å²) in [5, 5.41) is 13.8. The van der Waals surface area contributed by atoms with Gasteiger partial charge in [-0.15, -0.1) is 0 Å². The fraction of sp³-hybridized carbons (Fsp3) is 0.417. The number of hydrogen-bond donors (Lipinski definition) is 1. The number of likely N-dealkylation sites (N-methyl/N-ethyl adjacent to an activating group) is 1. The molecule has 0 unspecified atom stereocenters. The number of amides is 1. The van der Waals surface area contributed by atoms with Crippen LogP contribution in [0.3, 0.4) is 0 Å². The molecule has 0 aliphatic carbocycles. The second-order valence-corrected chi connectivity index (χ2v) is 4.13. The number of anilines is 1. The summed E-state index contributed by atoms with van der Waals surface area (Å²) in [5.74, 6) is -0.0602. The molecule has 1 saturated heterocycles. The molecule has 0 bridgehead atoms. The molecule has 1 aliphatic rings. The summed E-state index contributed by atoms with van der Waals surface area (Å²) in [7, 11) is 0. The van der Waals surface area contributed by atoms with Crippen LogP contribution in [-0.2, 0) is 4.79 Å². The fourth-order valence-electron chi connectivity index (χ4n) is 2.30. The van der Waals surface area contributed by atoms with Crippen molar-refractivity contribution in [2.75, 3.05) is 18.0 Å². The molecule has 18 heavy (non-hydrogen) atoms. The molecule has 0 saturated carbocycles. The number of hydrogen-bond acceptors (Lipinski definition) is 4. The Balaban J connectivity index is 2.38. The van der Waals surface area contributed by atoms with Gasteiger partial charge in [0.05, 0.1) is 4.92 Å². The standard InChI is InChI=1S/C12H15N3O3/c1-2-14(11-7-8-13-12(11)16)9-5-3-4-6-10(9)15(17)18/h3-6,11H,2,7-8H2,1H3,(H,13,16)/t11-/m1/s1. The zero-order valence-electron chi connectivity index (χ0n) is 10.1. The smallest absolute Gasteiger partial charge is 0.292 e. The number of nitrogens with zero attached hydrogens (tertiary/aromatic N) is 2. The summed E-state index contributed by atoms with van der Waals surface area (Å²) < 4.78 is 0. The van der Waals surface area contributed by atoms with Crippen molar-refractivity contribution in [1.82, 2.24) is 5.32 Å². The van der Waals surface area contributed by atoms with Crippen LogP contribution in [0.15, 0.2) is 24.3 Å². The highest BCUT2D eigenvalue weighted by molar-refractivity contribution is 5.88. The van der Waals surface area contributed by atoms with Crippen LogP contribution in [0.4, 0.5) is 11.4 Å². The third kappa shape index (κ3) is 2.13. The van der Waals surface area contributed by atoms with Crippen LogP contribution in [0.1, 0.15) is 13.3 Å². The third-order valence-electron chi connectivity index (χ3n) is 3.12. The minimum Gasteiger partial charge on any atom is -0.354 e. The predicted molar refractivity (Wildman–Crippen MR) is 67.5 cm³/mol. The normalized spacial score (nSPS) is 18.5. The predicted octanol–water partition coefficient (Wildman–Crippen LogP) is 1.31. The topological polar surface area (TPSA) is 75.5 Å². The summed E-state index contributed by atoms with van der Waals surface area (Å²) in [6.45, 7) is 3.08. The van der Waals surface area contributed by atoms with Crippen molar-refractivity contribution in [3.05, 3.63) is 34.4 Å². The van der Waals surface area contributed by atoms with E-state index in [-0.39, 0.29) is 17.6 Å². The van der Waals surface area contributed by atoms with Gasteiger partial charge in [0.1, 0.15) is 11.7 Å². The van der Waals surface area contributed by atoms with E-state index in [1.54, 1.807) is 23.1 Å². The highest BCUT2D eigenvalue weighted by Gasteiger charge is 2.32. The summed E-state index contributed by atoms with van der Waals surface area (Å²) in [5.41, 5.74) is 0.547. The Bertz CT molecular complexity index is 475. The van der Waals surface area contributed by atoms with Gasteiger partial charge in [-0.1, -0.05) is 12.1 Å². The van der Waals surface area contributed by atoms with Gasteiger partial charge in [-0.2, -0.15) is 0 Å². The molecule has 1 atom stereocenters. The Kier molecular flexibility index (Phi) is 3.45. The van der Waals surface area contributed by atoms with E-state index in [2.05, 4.69) is 5.32 Å². The average Bonchev–Trinajstić information content (AvgIpc) is 2.77. The monoisotopic (exact) mass is 249 g/mol. The molecule has 1 amide bonds.